The van der Waals surface area contributed by atoms with Crippen LogP contribution in [0.15, 0.2) is 40.9 Å². The molecule has 2 amide bonds. The fraction of sp³-hybridized carbons (Fsp3) is 0.333. The van der Waals surface area contributed by atoms with Crippen molar-refractivity contribution in [2.24, 2.45) is 17.4 Å². The largest absolute Gasteiger partial charge is 0.368 e. The molecule has 2 unspecified atom stereocenters. The van der Waals surface area contributed by atoms with Gasteiger partial charge in [-0.05, 0) is 24.1 Å². The Morgan fingerprint density at radius 3 is 2.43 bits per heavy atom. The highest BCUT2D eigenvalue weighted by Crippen LogP contribution is 2.20. The van der Waals surface area contributed by atoms with Crippen LogP contribution in [-0.2, 0) is 16.1 Å². The Hall–Kier alpha value is -1.66. The summed E-state index contributed by atoms with van der Waals surface area (Å²) in [5.41, 5.74) is 12.0. The van der Waals surface area contributed by atoms with Gasteiger partial charge in [0.25, 0.3) is 0 Å². The van der Waals surface area contributed by atoms with E-state index in [0.717, 1.165) is 10.0 Å². The van der Waals surface area contributed by atoms with Gasteiger partial charge in [0.05, 0.1) is 12.5 Å². The number of rotatable bonds is 5. The summed E-state index contributed by atoms with van der Waals surface area (Å²) in [7, 11) is 0. The van der Waals surface area contributed by atoms with Crippen molar-refractivity contribution in [1.82, 2.24) is 4.90 Å². The van der Waals surface area contributed by atoms with Crippen LogP contribution in [0.25, 0.3) is 0 Å². The van der Waals surface area contributed by atoms with Gasteiger partial charge < -0.3 is 16.4 Å². The Labute approximate surface area is 132 Å². The maximum atomic E-state index is 12.5. The lowest BCUT2D eigenvalue weighted by Crippen LogP contribution is -2.41. The monoisotopic (exact) mass is 351 g/mol. The molecular weight excluding hydrogens is 334 g/mol. The van der Waals surface area contributed by atoms with Gasteiger partial charge in [0, 0.05) is 17.1 Å². The summed E-state index contributed by atoms with van der Waals surface area (Å²) in [4.78, 5) is 25.2. The molecule has 0 saturated carbocycles. The number of primary amides is 1. The zero-order valence-electron chi connectivity index (χ0n) is 11.5. The van der Waals surface area contributed by atoms with Gasteiger partial charge in [-0.15, -0.1) is 0 Å². The van der Waals surface area contributed by atoms with E-state index in [1.165, 1.54) is 4.90 Å². The average molecular weight is 352 g/mol. The predicted molar refractivity (Wildman–Crippen MR) is 84.0 cm³/mol. The SMILES string of the molecule is NC(=O)CN(Cc1ccc(Br)cc1)C(=O)C1C=CC(N)C1. The summed E-state index contributed by atoms with van der Waals surface area (Å²) in [6.07, 6.45) is 4.21. The van der Waals surface area contributed by atoms with Crippen LogP contribution in [0, 0.1) is 5.92 Å². The van der Waals surface area contributed by atoms with Gasteiger partial charge in [0.2, 0.25) is 11.8 Å². The minimum Gasteiger partial charge on any atom is -0.368 e. The van der Waals surface area contributed by atoms with Crippen molar-refractivity contribution in [2.45, 2.75) is 19.0 Å². The van der Waals surface area contributed by atoms with E-state index in [4.69, 9.17) is 11.5 Å². The van der Waals surface area contributed by atoms with Gasteiger partial charge in [-0.25, -0.2) is 0 Å². The number of hydrogen-bond acceptors (Lipinski definition) is 3. The van der Waals surface area contributed by atoms with E-state index in [-0.39, 0.29) is 24.4 Å². The minimum absolute atomic E-state index is 0.0888. The molecule has 0 spiro atoms. The van der Waals surface area contributed by atoms with Crippen molar-refractivity contribution in [1.29, 1.82) is 0 Å². The van der Waals surface area contributed by atoms with E-state index in [1.807, 2.05) is 36.4 Å². The minimum atomic E-state index is -0.522. The molecule has 0 saturated heterocycles. The topological polar surface area (TPSA) is 89.4 Å². The number of nitrogens with zero attached hydrogens (tertiary/aromatic N) is 1. The lowest BCUT2D eigenvalue weighted by atomic mass is 10.1. The molecule has 21 heavy (non-hydrogen) atoms. The van der Waals surface area contributed by atoms with Crippen molar-refractivity contribution in [2.75, 3.05) is 6.54 Å². The van der Waals surface area contributed by atoms with Crippen molar-refractivity contribution in [3.63, 3.8) is 0 Å². The van der Waals surface area contributed by atoms with Crippen LogP contribution >= 0.6 is 15.9 Å². The maximum Gasteiger partial charge on any atom is 0.237 e. The number of benzene rings is 1. The van der Waals surface area contributed by atoms with E-state index in [0.29, 0.717) is 13.0 Å². The molecule has 5 nitrogen and oxygen atoms in total. The standard InChI is InChI=1S/C15H18BrN3O2/c16-12-4-1-10(2-5-12)8-19(9-14(18)20)15(21)11-3-6-13(17)7-11/h1-6,11,13H,7-9,17H2,(H2,18,20). The van der Waals surface area contributed by atoms with E-state index in [2.05, 4.69) is 15.9 Å². The number of halogens is 1. The predicted octanol–water partition coefficient (Wildman–Crippen LogP) is 1.17. The van der Waals surface area contributed by atoms with Gasteiger partial charge in [0.15, 0.2) is 0 Å². The first-order valence-corrected chi connectivity index (χ1v) is 7.50. The molecule has 0 aromatic heterocycles. The molecule has 1 aromatic carbocycles. The molecule has 4 N–H and O–H groups in total. The lowest BCUT2D eigenvalue weighted by Gasteiger charge is -2.24. The van der Waals surface area contributed by atoms with E-state index in [1.54, 1.807) is 0 Å². The summed E-state index contributed by atoms with van der Waals surface area (Å²) < 4.78 is 0.962. The average Bonchev–Trinajstić information content (AvgIpc) is 2.86. The van der Waals surface area contributed by atoms with Crippen LogP contribution < -0.4 is 11.5 Å². The quantitative estimate of drug-likeness (QED) is 0.780. The third-order valence-corrected chi connectivity index (χ3v) is 3.91. The Morgan fingerprint density at radius 2 is 1.90 bits per heavy atom. The molecule has 1 aromatic rings. The highest BCUT2D eigenvalue weighted by atomic mass is 79.9. The molecule has 0 fully saturated rings. The highest BCUT2D eigenvalue weighted by molar-refractivity contribution is 9.10. The highest BCUT2D eigenvalue weighted by Gasteiger charge is 2.27. The Balaban J connectivity index is 2.10. The van der Waals surface area contributed by atoms with Crippen molar-refractivity contribution < 1.29 is 9.59 Å². The first-order valence-electron chi connectivity index (χ1n) is 6.71. The number of amides is 2. The summed E-state index contributed by atoms with van der Waals surface area (Å²) in [5, 5.41) is 0. The van der Waals surface area contributed by atoms with Crippen LogP contribution in [0.2, 0.25) is 0 Å². The van der Waals surface area contributed by atoms with Crippen molar-refractivity contribution in [3.8, 4) is 0 Å². The molecule has 1 aliphatic carbocycles. The Bertz CT molecular complexity index is 557. The molecule has 1 aliphatic rings. The summed E-state index contributed by atoms with van der Waals surface area (Å²) in [6, 6.07) is 7.51. The molecule has 6 heteroatoms. The summed E-state index contributed by atoms with van der Waals surface area (Å²) in [6.45, 7) is 0.267. The third kappa shape index (κ3) is 4.41. The second-order valence-electron chi connectivity index (χ2n) is 5.18. The first-order chi connectivity index (χ1) is 9.95. The number of carbonyl (C=O) groups is 2. The van der Waals surface area contributed by atoms with Crippen LogP contribution in [0.5, 0.6) is 0 Å². The molecule has 0 bridgehead atoms. The van der Waals surface area contributed by atoms with Crippen LogP contribution in [0.4, 0.5) is 0 Å². The zero-order valence-corrected chi connectivity index (χ0v) is 13.1. The normalized spacial score (nSPS) is 20.5. The fourth-order valence-electron chi connectivity index (χ4n) is 2.35. The fourth-order valence-corrected chi connectivity index (χ4v) is 2.62. The zero-order chi connectivity index (χ0) is 15.4. The first kappa shape index (κ1) is 15.7. The van der Waals surface area contributed by atoms with E-state index >= 15 is 0 Å². The van der Waals surface area contributed by atoms with Gasteiger partial charge in [-0.1, -0.05) is 40.2 Å². The second-order valence-corrected chi connectivity index (χ2v) is 6.09. The molecule has 2 atom stereocenters. The van der Waals surface area contributed by atoms with Crippen LogP contribution in [-0.4, -0.2) is 29.3 Å². The van der Waals surface area contributed by atoms with Gasteiger partial charge >= 0.3 is 0 Å². The molecule has 0 heterocycles. The summed E-state index contributed by atoms with van der Waals surface area (Å²) >= 11 is 3.36. The van der Waals surface area contributed by atoms with Gasteiger partial charge in [0.1, 0.15) is 0 Å². The molecule has 112 valence electrons. The van der Waals surface area contributed by atoms with Gasteiger partial charge in [-0.3, -0.25) is 9.59 Å². The number of nitrogens with two attached hydrogens (primary N) is 2. The third-order valence-electron chi connectivity index (χ3n) is 3.38. The molecule has 2 rings (SSSR count). The number of hydrogen-bond donors (Lipinski definition) is 2. The molecule has 0 radical (unpaired) electrons. The van der Waals surface area contributed by atoms with Crippen molar-refractivity contribution >= 4 is 27.7 Å². The second kappa shape index (κ2) is 6.87. The van der Waals surface area contributed by atoms with Gasteiger partial charge in [-0.2, -0.15) is 0 Å². The number of carbonyl (C=O) groups excluding carboxylic acids is 2. The molecular formula is C15H18BrN3O2. The Morgan fingerprint density at radius 1 is 1.24 bits per heavy atom. The van der Waals surface area contributed by atoms with E-state index in [9.17, 15) is 9.59 Å². The van der Waals surface area contributed by atoms with Crippen LogP contribution in [0.3, 0.4) is 0 Å². The Kier molecular flexibility index (Phi) is 5.14. The summed E-state index contributed by atoms with van der Waals surface area (Å²) in [5.74, 6) is -0.901. The van der Waals surface area contributed by atoms with E-state index < -0.39 is 5.91 Å². The molecule has 0 aliphatic heterocycles. The smallest absolute Gasteiger partial charge is 0.237 e. The van der Waals surface area contributed by atoms with Crippen molar-refractivity contribution in [3.05, 3.63) is 46.5 Å². The lowest BCUT2D eigenvalue weighted by molar-refractivity contribution is -0.138. The maximum absolute atomic E-state index is 12.5. The van der Waals surface area contributed by atoms with Crippen LogP contribution in [0.1, 0.15) is 12.0 Å².